The lowest BCUT2D eigenvalue weighted by Gasteiger charge is -2.22. The van der Waals surface area contributed by atoms with Gasteiger partial charge in [0.2, 0.25) is 0 Å². The average Bonchev–Trinajstić information content (AvgIpc) is 2.83. The molecular weight excluding hydrogens is 398 g/mol. The Morgan fingerprint density at radius 3 is 2.50 bits per heavy atom. The molecule has 0 aliphatic carbocycles. The van der Waals surface area contributed by atoms with Crippen LogP contribution in [0.15, 0.2) is 46.3 Å². The number of carboxylic acids is 2. The molecule has 0 spiro atoms. The summed E-state index contributed by atoms with van der Waals surface area (Å²) < 4.78 is 0.0585. The molecule has 0 bridgehead atoms. The van der Waals surface area contributed by atoms with Gasteiger partial charge in [0.05, 0.1) is 4.91 Å². The second kappa shape index (κ2) is 8.98. The van der Waals surface area contributed by atoms with Crippen molar-refractivity contribution in [1.29, 1.82) is 0 Å². The van der Waals surface area contributed by atoms with Crippen molar-refractivity contribution >= 4 is 63.8 Å². The molecule has 0 saturated carbocycles. The van der Waals surface area contributed by atoms with Crippen molar-refractivity contribution < 1.29 is 24.6 Å². The number of nitrogens with zero attached hydrogens (tertiary/aromatic N) is 1. The first-order valence-electron chi connectivity index (χ1n) is 7.43. The van der Waals surface area contributed by atoms with Gasteiger partial charge < -0.3 is 10.2 Å². The van der Waals surface area contributed by atoms with Crippen LogP contribution in [0.25, 0.3) is 6.08 Å². The van der Waals surface area contributed by atoms with Crippen molar-refractivity contribution in [1.82, 2.24) is 4.90 Å². The zero-order valence-corrected chi connectivity index (χ0v) is 15.7. The molecule has 0 radical (unpaired) electrons. The van der Waals surface area contributed by atoms with E-state index < -0.39 is 23.9 Å². The van der Waals surface area contributed by atoms with E-state index >= 15 is 0 Å². The molecule has 1 atom stereocenters. The number of thioether (sulfide) groups is 1. The average molecular weight is 412 g/mol. The number of carbonyl (C=O) groups excluding carboxylic acids is 1. The first-order chi connectivity index (χ1) is 12.3. The second-order valence-corrected chi connectivity index (χ2v) is 7.39. The van der Waals surface area contributed by atoms with Gasteiger partial charge >= 0.3 is 11.9 Å². The number of hydrogen-bond acceptors (Lipinski definition) is 5. The number of allylic oxidation sites excluding steroid dienone is 2. The van der Waals surface area contributed by atoms with Gasteiger partial charge in [-0.15, -0.1) is 0 Å². The summed E-state index contributed by atoms with van der Waals surface area (Å²) in [6, 6.07) is 7.90. The van der Waals surface area contributed by atoms with E-state index in [4.69, 9.17) is 28.9 Å². The van der Waals surface area contributed by atoms with Gasteiger partial charge in [0.25, 0.3) is 5.91 Å². The molecular formula is C17H14ClNO5S2. The van der Waals surface area contributed by atoms with E-state index in [2.05, 4.69) is 0 Å². The van der Waals surface area contributed by atoms with Crippen molar-refractivity contribution in [3.63, 3.8) is 0 Å². The Morgan fingerprint density at radius 1 is 1.27 bits per heavy atom. The predicted molar refractivity (Wildman–Crippen MR) is 104 cm³/mol. The topological polar surface area (TPSA) is 94.9 Å². The van der Waals surface area contributed by atoms with E-state index in [-0.39, 0.29) is 27.1 Å². The summed E-state index contributed by atoms with van der Waals surface area (Å²) in [6.45, 7) is 0. The third-order valence-corrected chi connectivity index (χ3v) is 4.97. The molecule has 136 valence electrons. The van der Waals surface area contributed by atoms with Crippen molar-refractivity contribution in [3.8, 4) is 0 Å². The van der Waals surface area contributed by atoms with Crippen LogP contribution < -0.4 is 0 Å². The standard InChI is InChI=1S/C17H14ClNO5S2/c18-11(8-10-4-2-1-3-5-10)9-13-15(22)19(17(25)26-13)12(16(23)24)6-7-14(20)21/h1-5,8-9,12H,6-7H2,(H,20,21)(H,23,24)/b11-8-,13-9-. The van der Waals surface area contributed by atoms with E-state index in [0.717, 1.165) is 22.2 Å². The van der Waals surface area contributed by atoms with Crippen LogP contribution in [0.3, 0.4) is 0 Å². The fraction of sp³-hybridized carbons (Fsp3) is 0.176. The molecule has 1 unspecified atom stereocenters. The largest absolute Gasteiger partial charge is 0.481 e. The molecule has 1 aliphatic rings. The Morgan fingerprint density at radius 2 is 1.92 bits per heavy atom. The molecule has 1 aromatic rings. The van der Waals surface area contributed by atoms with Crippen LogP contribution in [0.4, 0.5) is 0 Å². The minimum absolute atomic E-state index is 0.0585. The van der Waals surface area contributed by atoms with Gasteiger partial charge in [-0.25, -0.2) is 4.79 Å². The van der Waals surface area contributed by atoms with Crippen LogP contribution in [-0.2, 0) is 14.4 Å². The molecule has 0 aromatic heterocycles. The second-order valence-electron chi connectivity index (χ2n) is 5.28. The molecule has 26 heavy (non-hydrogen) atoms. The maximum Gasteiger partial charge on any atom is 0.326 e. The number of hydrogen-bond donors (Lipinski definition) is 2. The van der Waals surface area contributed by atoms with Gasteiger partial charge in [-0.3, -0.25) is 14.5 Å². The molecule has 1 fully saturated rings. The Kier molecular flexibility index (Phi) is 6.96. The van der Waals surface area contributed by atoms with Gasteiger partial charge in [0.1, 0.15) is 10.4 Å². The van der Waals surface area contributed by atoms with Crippen LogP contribution in [0.5, 0.6) is 0 Å². The number of carbonyl (C=O) groups is 3. The molecule has 1 aromatic carbocycles. The Labute approximate surface area is 164 Å². The third-order valence-electron chi connectivity index (χ3n) is 3.43. The number of thiocarbonyl (C=S) groups is 1. The highest BCUT2D eigenvalue weighted by atomic mass is 35.5. The molecule has 9 heteroatoms. The molecule has 6 nitrogen and oxygen atoms in total. The van der Waals surface area contributed by atoms with E-state index in [1.807, 2.05) is 30.3 Å². The van der Waals surface area contributed by atoms with Crippen molar-refractivity contribution in [2.75, 3.05) is 0 Å². The SMILES string of the molecule is O=C(O)CCC(C(=O)O)N1C(=O)/C(=C/C(Cl)=C/c2ccccc2)SC1=S. The number of benzene rings is 1. The van der Waals surface area contributed by atoms with Gasteiger partial charge in [-0.05, 0) is 24.1 Å². The minimum atomic E-state index is -1.33. The smallest absolute Gasteiger partial charge is 0.326 e. The summed E-state index contributed by atoms with van der Waals surface area (Å²) >= 11 is 12.2. The highest BCUT2D eigenvalue weighted by Gasteiger charge is 2.40. The maximum atomic E-state index is 12.5. The number of halogens is 1. The van der Waals surface area contributed by atoms with Crippen LogP contribution in [0, 0.1) is 0 Å². The van der Waals surface area contributed by atoms with Crippen LogP contribution >= 0.6 is 35.6 Å². The van der Waals surface area contributed by atoms with Crippen molar-refractivity contribution in [2.45, 2.75) is 18.9 Å². The first kappa shape index (κ1) is 20.2. The summed E-state index contributed by atoms with van der Waals surface area (Å²) in [6.07, 6.45) is 2.46. The fourth-order valence-corrected chi connectivity index (χ4v) is 3.89. The zero-order chi connectivity index (χ0) is 19.3. The molecule has 2 rings (SSSR count). The van der Waals surface area contributed by atoms with Crippen molar-refractivity contribution in [3.05, 3.63) is 51.9 Å². The van der Waals surface area contributed by atoms with Gasteiger partial charge in [-0.2, -0.15) is 0 Å². The quantitative estimate of drug-likeness (QED) is 0.524. The van der Waals surface area contributed by atoms with E-state index in [9.17, 15) is 19.5 Å². The Bertz CT molecular complexity index is 807. The van der Waals surface area contributed by atoms with Crippen LogP contribution in [0.2, 0.25) is 0 Å². The molecule has 2 N–H and O–H groups in total. The van der Waals surface area contributed by atoms with E-state index in [0.29, 0.717) is 0 Å². The van der Waals surface area contributed by atoms with E-state index in [1.54, 1.807) is 6.08 Å². The minimum Gasteiger partial charge on any atom is -0.481 e. The monoisotopic (exact) mass is 411 g/mol. The Balaban J connectivity index is 2.22. The van der Waals surface area contributed by atoms with Gasteiger partial charge in [-0.1, -0.05) is 65.9 Å². The van der Waals surface area contributed by atoms with Crippen LogP contribution in [0.1, 0.15) is 18.4 Å². The third kappa shape index (κ3) is 5.17. The van der Waals surface area contributed by atoms with Gasteiger partial charge in [0.15, 0.2) is 0 Å². The van der Waals surface area contributed by atoms with Crippen molar-refractivity contribution in [2.24, 2.45) is 0 Å². The summed E-state index contributed by atoms with van der Waals surface area (Å²) in [5.41, 5.74) is 0.842. The van der Waals surface area contributed by atoms with Gasteiger partial charge in [0, 0.05) is 11.5 Å². The highest BCUT2D eigenvalue weighted by Crippen LogP contribution is 2.35. The number of rotatable bonds is 7. The van der Waals surface area contributed by atoms with E-state index in [1.165, 1.54) is 6.08 Å². The van der Waals surface area contributed by atoms with Crippen LogP contribution in [-0.4, -0.2) is 43.3 Å². The first-order valence-corrected chi connectivity index (χ1v) is 9.03. The summed E-state index contributed by atoms with van der Waals surface area (Å²) in [5, 5.41) is 18.4. The fourth-order valence-electron chi connectivity index (χ4n) is 2.25. The number of carboxylic acid groups (broad SMARTS) is 2. The summed E-state index contributed by atoms with van der Waals surface area (Å²) in [5.74, 6) is -3.06. The molecule has 1 aliphatic heterocycles. The summed E-state index contributed by atoms with van der Waals surface area (Å²) in [4.78, 5) is 35.8. The highest BCUT2D eigenvalue weighted by molar-refractivity contribution is 8.26. The predicted octanol–water partition coefficient (Wildman–Crippen LogP) is 3.33. The maximum absolute atomic E-state index is 12.5. The lowest BCUT2D eigenvalue weighted by molar-refractivity contribution is -0.146. The number of aliphatic carboxylic acids is 2. The normalized spacial score (nSPS) is 17.7. The molecule has 1 amide bonds. The lowest BCUT2D eigenvalue weighted by Crippen LogP contribution is -2.44. The number of amides is 1. The lowest BCUT2D eigenvalue weighted by atomic mass is 10.1. The zero-order valence-electron chi connectivity index (χ0n) is 13.3. The Hall–Kier alpha value is -2.16. The molecule has 1 heterocycles. The summed E-state index contributed by atoms with van der Waals surface area (Å²) in [7, 11) is 0. The molecule has 1 saturated heterocycles.